The first-order valence-corrected chi connectivity index (χ1v) is 12.7. The first-order chi connectivity index (χ1) is 17.6. The number of carbonyl (C=O) groups is 1. The molecule has 1 N–H and O–H groups in total. The molecule has 11 heteroatoms. The van der Waals surface area contributed by atoms with Gasteiger partial charge >= 0.3 is 0 Å². The maximum absolute atomic E-state index is 13.9. The van der Waals surface area contributed by atoms with Gasteiger partial charge in [-0.15, -0.1) is 0 Å². The van der Waals surface area contributed by atoms with Gasteiger partial charge in [0.05, 0.1) is 12.7 Å². The molecule has 204 valence electrons. The molecule has 11 atom stereocenters. The molecular weight excluding hydrogens is 488 g/mol. The number of aliphatic hydroxyl groups is 1. The minimum Gasteiger partial charge on any atom is -0.389 e. The number of carbonyl (C=O) groups excluding carboxylic acids is 1. The fourth-order valence-electron chi connectivity index (χ4n) is 5.91. The van der Waals surface area contributed by atoms with Gasteiger partial charge in [-0.1, -0.05) is 30.3 Å². The molecular formula is C26H34O11. The summed E-state index contributed by atoms with van der Waals surface area (Å²) in [6, 6.07) is 9.34. The van der Waals surface area contributed by atoms with E-state index in [9.17, 15) is 9.90 Å². The number of Topliss-reactive ketones (excluding diaryl/α,β-unsaturated/α-hetero) is 1. The number of benzene rings is 1. The Bertz CT molecular complexity index is 999. The molecule has 5 fully saturated rings. The third-order valence-corrected chi connectivity index (χ3v) is 7.43. The third-order valence-electron chi connectivity index (χ3n) is 7.43. The van der Waals surface area contributed by atoms with Gasteiger partial charge in [-0.25, -0.2) is 0 Å². The van der Waals surface area contributed by atoms with Crippen LogP contribution in [-0.4, -0.2) is 91.5 Å². The summed E-state index contributed by atoms with van der Waals surface area (Å²) in [5.74, 6) is -3.34. The first kappa shape index (κ1) is 25.8. The molecule has 0 unspecified atom stereocenters. The van der Waals surface area contributed by atoms with Crippen molar-refractivity contribution in [1.29, 1.82) is 0 Å². The Labute approximate surface area is 215 Å². The SMILES string of the molecule is CO[C@H]1O[C@@H]2CO[C@@H](c3ccccc3)O[C@H]2C(=O)[C@@H]1[C@@H](O)[C@H]1O[C@@H]2OC(C)(C)O[C@@H]2[C@H]2OC(C)(C)O[C@H]21. The van der Waals surface area contributed by atoms with Crippen molar-refractivity contribution in [3.8, 4) is 0 Å². The van der Waals surface area contributed by atoms with E-state index in [1.165, 1.54) is 7.11 Å². The predicted molar refractivity (Wildman–Crippen MR) is 123 cm³/mol. The van der Waals surface area contributed by atoms with Crippen LogP contribution in [0.4, 0.5) is 0 Å². The molecule has 5 aliphatic heterocycles. The second kappa shape index (κ2) is 9.30. The lowest BCUT2D eigenvalue weighted by molar-refractivity contribution is -0.322. The fourth-order valence-corrected chi connectivity index (χ4v) is 5.91. The van der Waals surface area contributed by atoms with Crippen molar-refractivity contribution in [2.75, 3.05) is 13.7 Å². The zero-order valence-corrected chi connectivity index (χ0v) is 21.5. The molecule has 0 aromatic heterocycles. The Balaban J connectivity index is 1.26. The van der Waals surface area contributed by atoms with Gasteiger partial charge in [0.1, 0.15) is 42.5 Å². The highest BCUT2D eigenvalue weighted by Crippen LogP contribution is 2.46. The molecule has 1 aromatic carbocycles. The summed E-state index contributed by atoms with van der Waals surface area (Å²) < 4.78 is 54.0. The lowest BCUT2D eigenvalue weighted by atomic mass is 9.82. The summed E-state index contributed by atoms with van der Waals surface area (Å²) in [7, 11) is 1.42. The molecule has 0 bridgehead atoms. The van der Waals surface area contributed by atoms with E-state index in [1.54, 1.807) is 27.7 Å². The summed E-state index contributed by atoms with van der Waals surface area (Å²) in [5, 5.41) is 11.7. The summed E-state index contributed by atoms with van der Waals surface area (Å²) >= 11 is 0. The van der Waals surface area contributed by atoms with Crippen LogP contribution >= 0.6 is 0 Å². The number of methoxy groups -OCH3 is 1. The summed E-state index contributed by atoms with van der Waals surface area (Å²) in [5.41, 5.74) is 0.781. The zero-order valence-electron chi connectivity index (χ0n) is 21.5. The van der Waals surface area contributed by atoms with Gasteiger partial charge in [0.25, 0.3) is 0 Å². The second-order valence-corrected chi connectivity index (χ2v) is 11.0. The van der Waals surface area contributed by atoms with Gasteiger partial charge in [0.2, 0.25) is 0 Å². The molecule has 5 heterocycles. The second-order valence-electron chi connectivity index (χ2n) is 11.0. The normalized spacial score (nSPS) is 45.1. The van der Waals surface area contributed by atoms with Gasteiger partial charge in [-0.3, -0.25) is 4.79 Å². The van der Waals surface area contributed by atoms with E-state index >= 15 is 0 Å². The van der Waals surface area contributed by atoms with Gasteiger partial charge in [-0.05, 0) is 27.7 Å². The van der Waals surface area contributed by atoms with Crippen molar-refractivity contribution >= 4 is 5.78 Å². The van der Waals surface area contributed by atoms with Gasteiger partial charge in [0.15, 0.2) is 36.2 Å². The molecule has 6 rings (SSSR count). The summed E-state index contributed by atoms with van der Waals surface area (Å²) in [4.78, 5) is 13.9. The number of hydrogen-bond donors (Lipinski definition) is 1. The van der Waals surface area contributed by atoms with Crippen LogP contribution in [0.3, 0.4) is 0 Å². The molecule has 1 aromatic rings. The van der Waals surface area contributed by atoms with Crippen molar-refractivity contribution in [3.05, 3.63) is 35.9 Å². The zero-order chi connectivity index (χ0) is 26.1. The van der Waals surface area contributed by atoms with Crippen LogP contribution in [-0.2, 0) is 47.4 Å². The molecule has 0 radical (unpaired) electrons. The Morgan fingerprint density at radius 2 is 1.59 bits per heavy atom. The third kappa shape index (κ3) is 4.55. The van der Waals surface area contributed by atoms with E-state index in [4.69, 9.17) is 42.6 Å². The standard InChI is InChI=1S/C26H34O11/c1-25(2)34-19-18(33-24-21(20(19)35-25)36-26(3,4)37-24)16(28)14-15(27)17-13(31-23(14)29-5)11-30-22(32-17)12-9-7-6-8-10-12/h6-10,13-14,16-24,28H,11H2,1-5H3/t13-,14-,16-,17-,18-,19+,20+,21-,22-,23+,24-/m1/s1. The number of fused-ring (bicyclic) bond motifs is 4. The van der Waals surface area contributed by atoms with Crippen LogP contribution in [0.25, 0.3) is 0 Å². The highest BCUT2D eigenvalue weighted by molar-refractivity contribution is 5.88. The summed E-state index contributed by atoms with van der Waals surface area (Å²) in [6.45, 7) is 7.25. The van der Waals surface area contributed by atoms with Crippen LogP contribution in [0.5, 0.6) is 0 Å². The van der Waals surface area contributed by atoms with E-state index in [2.05, 4.69) is 0 Å². The molecule has 0 saturated carbocycles. The predicted octanol–water partition coefficient (Wildman–Crippen LogP) is 1.41. The Morgan fingerprint density at radius 3 is 2.32 bits per heavy atom. The topological polar surface area (TPSA) is 120 Å². The van der Waals surface area contributed by atoms with Crippen molar-refractivity contribution in [2.45, 2.75) is 101 Å². The number of rotatable bonds is 4. The van der Waals surface area contributed by atoms with Crippen molar-refractivity contribution in [1.82, 2.24) is 0 Å². The molecule has 0 aliphatic carbocycles. The monoisotopic (exact) mass is 522 g/mol. The number of hydrogen-bond acceptors (Lipinski definition) is 11. The molecule has 5 aliphatic rings. The maximum Gasteiger partial charge on any atom is 0.190 e. The van der Waals surface area contributed by atoms with E-state index < -0.39 is 79.1 Å². The minimum absolute atomic E-state index is 0.137. The van der Waals surface area contributed by atoms with E-state index in [0.717, 1.165) is 5.56 Å². The quantitative estimate of drug-likeness (QED) is 0.618. The van der Waals surface area contributed by atoms with E-state index in [-0.39, 0.29) is 12.4 Å². The smallest absolute Gasteiger partial charge is 0.190 e. The number of ketones is 1. The van der Waals surface area contributed by atoms with Gasteiger partial charge in [-0.2, -0.15) is 0 Å². The fraction of sp³-hybridized carbons (Fsp3) is 0.731. The molecule has 0 amide bonds. The van der Waals surface area contributed by atoms with Crippen molar-refractivity contribution < 1.29 is 52.5 Å². The van der Waals surface area contributed by atoms with Crippen LogP contribution < -0.4 is 0 Å². The largest absolute Gasteiger partial charge is 0.389 e. The highest BCUT2D eigenvalue weighted by Gasteiger charge is 2.64. The van der Waals surface area contributed by atoms with Gasteiger partial charge < -0.3 is 47.7 Å². The lowest BCUT2D eigenvalue weighted by Gasteiger charge is -2.47. The van der Waals surface area contributed by atoms with Crippen molar-refractivity contribution in [2.24, 2.45) is 5.92 Å². The van der Waals surface area contributed by atoms with E-state index in [0.29, 0.717) is 0 Å². The molecule has 0 spiro atoms. The lowest BCUT2D eigenvalue weighted by Crippen LogP contribution is -2.65. The van der Waals surface area contributed by atoms with Crippen LogP contribution in [0.15, 0.2) is 30.3 Å². The van der Waals surface area contributed by atoms with Crippen LogP contribution in [0, 0.1) is 5.92 Å². The highest BCUT2D eigenvalue weighted by atomic mass is 16.9. The van der Waals surface area contributed by atoms with Crippen LogP contribution in [0.2, 0.25) is 0 Å². The molecule has 37 heavy (non-hydrogen) atoms. The van der Waals surface area contributed by atoms with E-state index in [1.807, 2.05) is 30.3 Å². The average Bonchev–Trinajstić information content (AvgIpc) is 3.37. The number of ether oxygens (including phenoxy) is 9. The Kier molecular flexibility index (Phi) is 6.47. The average molecular weight is 523 g/mol. The van der Waals surface area contributed by atoms with Gasteiger partial charge in [0, 0.05) is 12.7 Å². The first-order valence-electron chi connectivity index (χ1n) is 12.7. The van der Waals surface area contributed by atoms with Crippen molar-refractivity contribution in [3.63, 3.8) is 0 Å². The Morgan fingerprint density at radius 1 is 0.919 bits per heavy atom. The molecule has 11 nitrogen and oxygen atoms in total. The number of aliphatic hydroxyl groups excluding tert-OH is 1. The summed E-state index contributed by atoms with van der Waals surface area (Å²) in [6.07, 6.45) is -8.45. The minimum atomic E-state index is -1.38. The van der Waals surface area contributed by atoms with Crippen LogP contribution in [0.1, 0.15) is 39.5 Å². The Hall–Kier alpha value is -1.51. The molecule has 5 saturated heterocycles. The maximum atomic E-state index is 13.9.